The van der Waals surface area contributed by atoms with Gasteiger partial charge in [-0.15, -0.1) is 0 Å². The predicted octanol–water partition coefficient (Wildman–Crippen LogP) is 2.84. The Hall–Kier alpha value is -1.64. The van der Waals surface area contributed by atoms with Gasteiger partial charge in [0.15, 0.2) is 0 Å². The Kier molecular flexibility index (Phi) is 7.76. The number of benzene rings is 1. The normalized spacial score (nSPS) is 27.4. The van der Waals surface area contributed by atoms with Gasteiger partial charge in [-0.05, 0) is 57.4 Å². The fraction of sp³-hybridized carbons (Fsp3) is 0.682. The Bertz CT molecular complexity index is 792. The van der Waals surface area contributed by atoms with E-state index in [1.165, 1.54) is 5.56 Å². The monoisotopic (exact) mass is 437 g/mol. The molecule has 168 valence electrons. The van der Waals surface area contributed by atoms with Crippen LogP contribution in [0.25, 0.3) is 0 Å². The zero-order valence-electron chi connectivity index (χ0n) is 18.2. The van der Waals surface area contributed by atoms with Gasteiger partial charge in [0.1, 0.15) is 0 Å². The summed E-state index contributed by atoms with van der Waals surface area (Å²) in [5.41, 5.74) is 1.39. The molecule has 0 aromatic heterocycles. The van der Waals surface area contributed by atoms with Crippen molar-refractivity contribution in [3.05, 3.63) is 35.9 Å². The molecule has 1 saturated carbocycles. The first-order valence-electron chi connectivity index (χ1n) is 10.9. The molecule has 1 saturated heterocycles. The Morgan fingerprint density at radius 3 is 2.40 bits per heavy atom. The van der Waals surface area contributed by atoms with Crippen molar-refractivity contribution in [2.75, 3.05) is 19.4 Å². The van der Waals surface area contributed by atoms with E-state index in [1.54, 1.807) is 4.90 Å². The van der Waals surface area contributed by atoms with E-state index < -0.39 is 10.0 Å². The number of likely N-dealkylation sites (tertiary alicyclic amines) is 1. The number of hydrogen-bond acceptors (Lipinski definition) is 4. The molecule has 1 heterocycles. The summed E-state index contributed by atoms with van der Waals surface area (Å²) in [7, 11) is -3.36. The molecule has 30 heavy (non-hydrogen) atoms. The summed E-state index contributed by atoms with van der Waals surface area (Å²) in [6.07, 6.45) is 6.03. The lowest BCUT2D eigenvalue weighted by molar-refractivity contribution is -0.000748. The van der Waals surface area contributed by atoms with Crippen molar-refractivity contribution >= 4 is 16.1 Å². The zero-order valence-corrected chi connectivity index (χ0v) is 19.0. The van der Waals surface area contributed by atoms with Crippen molar-refractivity contribution in [1.29, 1.82) is 0 Å². The van der Waals surface area contributed by atoms with Gasteiger partial charge in [-0.3, -0.25) is 0 Å². The highest BCUT2D eigenvalue weighted by Gasteiger charge is 2.39. The summed E-state index contributed by atoms with van der Waals surface area (Å²) in [6, 6.07) is 9.84. The van der Waals surface area contributed by atoms with Crippen molar-refractivity contribution in [3.63, 3.8) is 0 Å². The molecule has 2 amide bonds. The number of hydrogen-bond donors (Lipinski definition) is 2. The SMILES string of the molecule is CC(C)NC(=O)N1CCC(NS(C)(=O)=O)C1COC1CCC(c2ccccc2)CC1. The van der Waals surface area contributed by atoms with E-state index in [0.717, 1.165) is 31.9 Å². The highest BCUT2D eigenvalue weighted by molar-refractivity contribution is 7.88. The molecule has 2 aliphatic rings. The summed E-state index contributed by atoms with van der Waals surface area (Å²) < 4.78 is 32.5. The lowest BCUT2D eigenvalue weighted by Gasteiger charge is -2.33. The average Bonchev–Trinajstić information content (AvgIpc) is 3.08. The standard InChI is InChI=1S/C22H35N3O4S/c1-16(2)23-22(26)25-14-13-20(24-30(3,27)28)21(25)15-29-19-11-9-18(10-12-19)17-7-5-4-6-8-17/h4-8,16,18-21,24H,9-15H2,1-3H3,(H,23,26). The minimum atomic E-state index is -3.36. The molecule has 1 aromatic carbocycles. The molecule has 0 bridgehead atoms. The molecule has 1 aliphatic carbocycles. The fourth-order valence-electron chi connectivity index (χ4n) is 4.58. The maximum atomic E-state index is 12.6. The van der Waals surface area contributed by atoms with Crippen molar-refractivity contribution < 1.29 is 17.9 Å². The molecule has 2 atom stereocenters. The smallest absolute Gasteiger partial charge is 0.317 e. The topological polar surface area (TPSA) is 87.7 Å². The fourth-order valence-corrected chi connectivity index (χ4v) is 5.40. The first-order chi connectivity index (χ1) is 14.2. The number of carbonyl (C=O) groups is 1. The van der Waals surface area contributed by atoms with Crippen LogP contribution in [0.15, 0.2) is 30.3 Å². The molecule has 1 aromatic rings. The van der Waals surface area contributed by atoms with E-state index in [9.17, 15) is 13.2 Å². The Morgan fingerprint density at radius 1 is 1.13 bits per heavy atom. The molecular weight excluding hydrogens is 402 g/mol. The number of sulfonamides is 1. The molecule has 0 radical (unpaired) electrons. The second-order valence-corrected chi connectivity index (χ2v) is 10.6. The number of rotatable bonds is 7. The molecule has 8 heteroatoms. The van der Waals surface area contributed by atoms with Crippen LogP contribution in [-0.4, -0.2) is 63.0 Å². The molecule has 2 unspecified atom stereocenters. The van der Waals surface area contributed by atoms with E-state index in [0.29, 0.717) is 25.5 Å². The number of nitrogens with one attached hydrogen (secondary N) is 2. The summed E-state index contributed by atoms with van der Waals surface area (Å²) in [5, 5.41) is 2.91. The van der Waals surface area contributed by atoms with Crippen molar-refractivity contribution in [1.82, 2.24) is 14.9 Å². The van der Waals surface area contributed by atoms with Crippen LogP contribution in [-0.2, 0) is 14.8 Å². The maximum Gasteiger partial charge on any atom is 0.317 e. The summed E-state index contributed by atoms with van der Waals surface area (Å²) in [6.45, 7) is 4.69. The lowest BCUT2D eigenvalue weighted by Crippen LogP contribution is -2.52. The third-order valence-corrected chi connectivity index (χ3v) is 6.76. The van der Waals surface area contributed by atoms with Crippen molar-refractivity contribution in [2.45, 2.75) is 76.1 Å². The van der Waals surface area contributed by atoms with Gasteiger partial charge in [0.25, 0.3) is 0 Å². The third-order valence-electron chi connectivity index (χ3n) is 6.03. The summed E-state index contributed by atoms with van der Waals surface area (Å²) in [5.74, 6) is 0.575. The molecule has 1 aliphatic heterocycles. The van der Waals surface area contributed by atoms with Gasteiger partial charge in [-0.25, -0.2) is 17.9 Å². The zero-order chi connectivity index (χ0) is 21.7. The second-order valence-electron chi connectivity index (χ2n) is 8.87. The van der Waals surface area contributed by atoms with Crippen LogP contribution in [0.3, 0.4) is 0 Å². The van der Waals surface area contributed by atoms with Gasteiger partial charge in [0.2, 0.25) is 10.0 Å². The largest absolute Gasteiger partial charge is 0.376 e. The number of carbonyl (C=O) groups excluding carboxylic acids is 1. The van der Waals surface area contributed by atoms with E-state index in [-0.39, 0.29) is 30.3 Å². The van der Waals surface area contributed by atoms with Crippen LogP contribution in [0.4, 0.5) is 4.79 Å². The molecule has 2 fully saturated rings. The van der Waals surface area contributed by atoms with E-state index in [1.807, 2.05) is 19.9 Å². The minimum Gasteiger partial charge on any atom is -0.376 e. The van der Waals surface area contributed by atoms with Gasteiger partial charge in [-0.1, -0.05) is 30.3 Å². The van der Waals surface area contributed by atoms with Gasteiger partial charge >= 0.3 is 6.03 Å². The average molecular weight is 438 g/mol. The van der Waals surface area contributed by atoms with Gasteiger partial charge in [0.05, 0.1) is 25.0 Å². The Morgan fingerprint density at radius 2 is 1.80 bits per heavy atom. The molecule has 0 spiro atoms. The first kappa shape index (κ1) is 23.0. The number of amides is 2. The minimum absolute atomic E-state index is 0.0225. The van der Waals surface area contributed by atoms with E-state index >= 15 is 0 Å². The highest BCUT2D eigenvalue weighted by atomic mass is 32.2. The van der Waals surface area contributed by atoms with Gasteiger partial charge < -0.3 is 15.0 Å². The Balaban J connectivity index is 1.57. The predicted molar refractivity (Wildman–Crippen MR) is 118 cm³/mol. The number of urea groups is 1. The summed E-state index contributed by atoms with van der Waals surface area (Å²) >= 11 is 0. The van der Waals surface area contributed by atoms with Crippen molar-refractivity contribution in [2.24, 2.45) is 0 Å². The molecule has 3 rings (SSSR count). The van der Waals surface area contributed by atoms with Crippen LogP contribution in [0, 0.1) is 0 Å². The summed E-state index contributed by atoms with van der Waals surface area (Å²) in [4.78, 5) is 14.3. The van der Waals surface area contributed by atoms with Crippen molar-refractivity contribution in [3.8, 4) is 0 Å². The highest BCUT2D eigenvalue weighted by Crippen LogP contribution is 2.34. The first-order valence-corrected chi connectivity index (χ1v) is 12.8. The van der Waals surface area contributed by atoms with Crippen LogP contribution in [0.2, 0.25) is 0 Å². The number of ether oxygens (including phenoxy) is 1. The third kappa shape index (κ3) is 6.43. The van der Waals surface area contributed by atoms with Crippen LogP contribution < -0.4 is 10.0 Å². The molecule has 7 nitrogen and oxygen atoms in total. The van der Waals surface area contributed by atoms with Gasteiger partial charge in [0, 0.05) is 18.6 Å². The maximum absolute atomic E-state index is 12.6. The van der Waals surface area contributed by atoms with Crippen LogP contribution in [0.1, 0.15) is 57.4 Å². The molecular formula is C22H35N3O4S. The quantitative estimate of drug-likeness (QED) is 0.687. The van der Waals surface area contributed by atoms with E-state index in [2.05, 4.69) is 34.3 Å². The van der Waals surface area contributed by atoms with E-state index in [4.69, 9.17) is 4.74 Å². The molecule has 2 N–H and O–H groups in total. The van der Waals surface area contributed by atoms with Crippen LogP contribution >= 0.6 is 0 Å². The van der Waals surface area contributed by atoms with Gasteiger partial charge in [-0.2, -0.15) is 0 Å². The number of nitrogens with zero attached hydrogens (tertiary/aromatic N) is 1. The van der Waals surface area contributed by atoms with Crippen LogP contribution in [0.5, 0.6) is 0 Å². The lowest BCUT2D eigenvalue weighted by atomic mass is 9.83. The second kappa shape index (κ2) is 10.1. The Labute approximate surface area is 180 Å².